The minimum Gasteiger partial charge on any atom is -0.463 e. The number of aromatic nitrogens is 2. The van der Waals surface area contributed by atoms with Crippen LogP contribution < -0.4 is 0 Å². The van der Waals surface area contributed by atoms with Crippen molar-refractivity contribution < 1.29 is 9.53 Å². The van der Waals surface area contributed by atoms with Crippen molar-refractivity contribution in [3.63, 3.8) is 0 Å². The molecule has 0 N–H and O–H groups in total. The van der Waals surface area contributed by atoms with Crippen LogP contribution in [0.1, 0.15) is 36.7 Å². The highest BCUT2D eigenvalue weighted by Gasteiger charge is 2.06. The van der Waals surface area contributed by atoms with E-state index in [-0.39, 0.29) is 5.97 Å². The average Bonchev–Trinajstić information content (AvgIpc) is 2.51. The van der Waals surface area contributed by atoms with Crippen molar-refractivity contribution in [1.29, 1.82) is 0 Å². The molecule has 0 radical (unpaired) electrons. The van der Waals surface area contributed by atoms with Gasteiger partial charge < -0.3 is 4.74 Å². The summed E-state index contributed by atoms with van der Waals surface area (Å²) in [4.78, 5) is 11.4. The zero-order valence-electron chi connectivity index (χ0n) is 11.0. The molecule has 4 nitrogen and oxygen atoms in total. The van der Waals surface area contributed by atoms with E-state index in [4.69, 9.17) is 4.74 Å². The molecule has 0 spiro atoms. The maximum absolute atomic E-state index is 11.4. The number of esters is 1. The van der Waals surface area contributed by atoms with Crippen LogP contribution in [0.2, 0.25) is 0 Å². The molecular weight excluding hydrogens is 216 g/mol. The number of unbranched alkanes of at least 4 members (excludes halogenated alkanes) is 1. The monoisotopic (exact) mass is 236 g/mol. The summed E-state index contributed by atoms with van der Waals surface area (Å²) in [5, 5.41) is 4.28. The number of carbonyl (C=O) groups is 1. The number of hydrogen-bond donors (Lipinski definition) is 0. The van der Waals surface area contributed by atoms with Gasteiger partial charge in [-0.1, -0.05) is 13.3 Å². The Bertz CT molecular complexity index is 419. The van der Waals surface area contributed by atoms with Crippen LogP contribution in [0.5, 0.6) is 0 Å². The lowest BCUT2D eigenvalue weighted by atomic mass is 10.2. The number of nitrogens with zero attached hydrogens (tertiary/aromatic N) is 2. The highest BCUT2D eigenvalue weighted by atomic mass is 16.5. The highest BCUT2D eigenvalue weighted by molar-refractivity contribution is 5.87. The molecule has 94 valence electrons. The lowest BCUT2D eigenvalue weighted by Gasteiger charge is -1.99. The summed E-state index contributed by atoms with van der Waals surface area (Å²) in [7, 11) is 1.89. The van der Waals surface area contributed by atoms with Crippen LogP contribution >= 0.6 is 0 Å². The summed E-state index contributed by atoms with van der Waals surface area (Å²) in [6.45, 7) is 6.45. The summed E-state index contributed by atoms with van der Waals surface area (Å²) < 4.78 is 6.84. The fraction of sp³-hybridized carbons (Fsp3) is 0.538. The molecule has 0 aliphatic carbocycles. The number of rotatable bonds is 5. The lowest BCUT2D eigenvalue weighted by Crippen LogP contribution is -2.01. The van der Waals surface area contributed by atoms with Crippen LogP contribution in [0.15, 0.2) is 6.08 Å². The minimum atomic E-state index is -0.291. The van der Waals surface area contributed by atoms with Gasteiger partial charge in [0.15, 0.2) is 0 Å². The van der Waals surface area contributed by atoms with Gasteiger partial charge in [-0.2, -0.15) is 5.10 Å². The van der Waals surface area contributed by atoms with E-state index in [0.29, 0.717) is 6.61 Å². The molecule has 1 aromatic rings. The van der Waals surface area contributed by atoms with Gasteiger partial charge in [0, 0.05) is 24.4 Å². The predicted octanol–water partition coefficient (Wildman–Crippen LogP) is 2.39. The largest absolute Gasteiger partial charge is 0.463 e. The van der Waals surface area contributed by atoms with Gasteiger partial charge >= 0.3 is 5.97 Å². The van der Waals surface area contributed by atoms with Gasteiger partial charge in [-0.05, 0) is 26.3 Å². The van der Waals surface area contributed by atoms with Crippen LogP contribution in [0.25, 0.3) is 6.08 Å². The van der Waals surface area contributed by atoms with Gasteiger partial charge in [-0.3, -0.25) is 4.68 Å². The predicted molar refractivity (Wildman–Crippen MR) is 67.6 cm³/mol. The fourth-order valence-electron chi connectivity index (χ4n) is 1.55. The Morgan fingerprint density at radius 3 is 2.71 bits per heavy atom. The summed E-state index contributed by atoms with van der Waals surface area (Å²) in [5.74, 6) is -0.291. The van der Waals surface area contributed by atoms with E-state index in [1.54, 1.807) is 10.8 Å². The van der Waals surface area contributed by atoms with Gasteiger partial charge in [0.25, 0.3) is 0 Å². The fourth-order valence-corrected chi connectivity index (χ4v) is 1.55. The van der Waals surface area contributed by atoms with E-state index in [1.807, 2.05) is 20.9 Å². The van der Waals surface area contributed by atoms with E-state index in [0.717, 1.165) is 29.8 Å². The zero-order chi connectivity index (χ0) is 12.8. The van der Waals surface area contributed by atoms with Crippen molar-refractivity contribution in [2.45, 2.75) is 33.6 Å². The van der Waals surface area contributed by atoms with E-state index in [1.165, 1.54) is 6.08 Å². The van der Waals surface area contributed by atoms with E-state index < -0.39 is 0 Å². The minimum absolute atomic E-state index is 0.291. The number of hydrogen-bond acceptors (Lipinski definition) is 3. The van der Waals surface area contributed by atoms with Gasteiger partial charge in [0.1, 0.15) is 0 Å². The Hall–Kier alpha value is -1.58. The van der Waals surface area contributed by atoms with Crippen molar-refractivity contribution >= 4 is 12.0 Å². The van der Waals surface area contributed by atoms with Gasteiger partial charge in [-0.15, -0.1) is 0 Å². The summed E-state index contributed by atoms with van der Waals surface area (Å²) in [5.41, 5.74) is 2.95. The molecule has 0 atom stereocenters. The molecule has 1 rings (SSSR count). The first kappa shape index (κ1) is 13.5. The summed E-state index contributed by atoms with van der Waals surface area (Å²) in [6, 6.07) is 0. The molecule has 1 heterocycles. The smallest absolute Gasteiger partial charge is 0.330 e. The molecule has 0 fully saturated rings. The maximum Gasteiger partial charge on any atom is 0.330 e. The molecule has 0 aliphatic heterocycles. The Labute approximate surface area is 102 Å². The van der Waals surface area contributed by atoms with Crippen molar-refractivity contribution in [2.24, 2.45) is 7.05 Å². The average molecular weight is 236 g/mol. The summed E-state index contributed by atoms with van der Waals surface area (Å²) in [6.07, 6.45) is 5.17. The normalized spacial score (nSPS) is 11.1. The quantitative estimate of drug-likeness (QED) is 0.448. The summed E-state index contributed by atoms with van der Waals surface area (Å²) >= 11 is 0. The van der Waals surface area contributed by atoms with Crippen molar-refractivity contribution in [2.75, 3.05) is 6.61 Å². The highest BCUT2D eigenvalue weighted by Crippen LogP contribution is 2.13. The third-order valence-electron chi connectivity index (χ3n) is 2.69. The molecule has 0 bridgehead atoms. The van der Waals surface area contributed by atoms with Crippen LogP contribution in [-0.2, 0) is 16.6 Å². The molecule has 1 aromatic heterocycles. The molecule has 0 aromatic carbocycles. The lowest BCUT2D eigenvalue weighted by molar-refractivity contribution is -0.137. The van der Waals surface area contributed by atoms with Crippen LogP contribution in [0.3, 0.4) is 0 Å². The van der Waals surface area contributed by atoms with Crippen molar-refractivity contribution in [1.82, 2.24) is 9.78 Å². The Morgan fingerprint density at radius 1 is 1.47 bits per heavy atom. The second-order valence-electron chi connectivity index (χ2n) is 4.06. The Kier molecular flexibility index (Phi) is 4.94. The molecule has 0 saturated heterocycles. The maximum atomic E-state index is 11.4. The molecule has 0 amide bonds. The Balaban J connectivity index is 2.61. The topological polar surface area (TPSA) is 44.1 Å². The van der Waals surface area contributed by atoms with Crippen LogP contribution in [0.4, 0.5) is 0 Å². The first-order chi connectivity index (χ1) is 8.06. The van der Waals surface area contributed by atoms with Crippen molar-refractivity contribution in [3.8, 4) is 0 Å². The van der Waals surface area contributed by atoms with Crippen LogP contribution in [0, 0.1) is 13.8 Å². The SMILES string of the molecule is CCCCOC(=O)/C=C/c1c(C)nn(C)c1C. The molecule has 0 aliphatic rings. The van der Waals surface area contributed by atoms with E-state index in [9.17, 15) is 4.79 Å². The third-order valence-corrected chi connectivity index (χ3v) is 2.69. The molecule has 0 saturated carbocycles. The molecule has 4 heteroatoms. The molecular formula is C13H20N2O2. The standard InChI is InChI=1S/C13H20N2O2/c1-5-6-9-17-13(16)8-7-12-10(2)14-15(4)11(12)3/h7-8H,5-6,9H2,1-4H3/b8-7+. The molecule has 0 unspecified atom stereocenters. The van der Waals surface area contributed by atoms with E-state index in [2.05, 4.69) is 12.0 Å². The number of carbonyl (C=O) groups excluding carboxylic acids is 1. The van der Waals surface area contributed by atoms with Gasteiger partial charge in [0.05, 0.1) is 12.3 Å². The van der Waals surface area contributed by atoms with Gasteiger partial charge in [0.2, 0.25) is 0 Å². The number of aryl methyl sites for hydroxylation is 2. The zero-order valence-corrected chi connectivity index (χ0v) is 11.0. The molecule has 17 heavy (non-hydrogen) atoms. The number of ether oxygens (including phenoxy) is 1. The third kappa shape index (κ3) is 3.73. The second-order valence-corrected chi connectivity index (χ2v) is 4.06. The Morgan fingerprint density at radius 2 is 2.18 bits per heavy atom. The first-order valence-corrected chi connectivity index (χ1v) is 5.91. The van der Waals surface area contributed by atoms with Gasteiger partial charge in [-0.25, -0.2) is 4.79 Å². The van der Waals surface area contributed by atoms with Crippen molar-refractivity contribution in [3.05, 3.63) is 23.0 Å². The van der Waals surface area contributed by atoms with E-state index >= 15 is 0 Å². The van der Waals surface area contributed by atoms with Crippen LogP contribution in [-0.4, -0.2) is 22.4 Å². The second kappa shape index (κ2) is 6.23. The first-order valence-electron chi connectivity index (χ1n) is 5.91.